The maximum atomic E-state index is 15.1. The Bertz CT molecular complexity index is 1720. The lowest BCUT2D eigenvalue weighted by molar-refractivity contribution is -0.0252. The Hall–Kier alpha value is -3.63. The molecule has 0 unspecified atom stereocenters. The first-order valence-corrected chi connectivity index (χ1v) is 11.8. The molecule has 0 amide bonds. The summed E-state index contributed by atoms with van der Waals surface area (Å²) in [5.41, 5.74) is -4.04. The minimum Gasteiger partial charge on any atom is -0.354 e. The Balaban J connectivity index is 1.69. The predicted octanol–water partition coefficient (Wildman–Crippen LogP) is 2.87. The van der Waals surface area contributed by atoms with Gasteiger partial charge in [-0.15, -0.1) is 0 Å². The Morgan fingerprint density at radius 3 is 2.32 bits per heavy atom. The second-order valence-electron chi connectivity index (χ2n) is 8.40. The summed E-state index contributed by atoms with van der Waals surface area (Å²) < 4.78 is 121. The van der Waals surface area contributed by atoms with E-state index in [1.165, 1.54) is 0 Å². The molecule has 4 aromatic rings. The number of hydrogen-bond donors (Lipinski definition) is 1. The predicted molar refractivity (Wildman–Crippen MR) is 116 cm³/mol. The van der Waals surface area contributed by atoms with Gasteiger partial charge in [-0.25, -0.2) is 26.9 Å². The van der Waals surface area contributed by atoms with Gasteiger partial charge in [0.1, 0.15) is 35.0 Å². The highest BCUT2D eigenvalue weighted by Gasteiger charge is 2.52. The summed E-state index contributed by atoms with van der Waals surface area (Å²) in [6.07, 6.45) is 0.648. The van der Waals surface area contributed by atoms with Gasteiger partial charge in [-0.05, 0) is 12.1 Å². The average Bonchev–Trinajstić information content (AvgIpc) is 3.42. The first-order chi connectivity index (χ1) is 17.2. The molecular formula is C21H15F6N5O4S. The summed E-state index contributed by atoms with van der Waals surface area (Å²) in [5, 5.41) is 3.18. The van der Waals surface area contributed by atoms with Crippen LogP contribution in [0.15, 0.2) is 39.8 Å². The number of rotatable bonds is 5. The third-order valence-electron chi connectivity index (χ3n) is 5.95. The number of alkyl halides is 2. The zero-order valence-electron chi connectivity index (χ0n) is 18.8. The van der Waals surface area contributed by atoms with E-state index in [4.69, 9.17) is 4.52 Å². The van der Waals surface area contributed by atoms with E-state index >= 15 is 8.78 Å². The van der Waals surface area contributed by atoms with Crippen molar-refractivity contribution in [1.82, 2.24) is 23.3 Å². The van der Waals surface area contributed by atoms with Crippen molar-refractivity contribution in [1.29, 1.82) is 0 Å². The average molecular weight is 547 g/mol. The van der Waals surface area contributed by atoms with Crippen LogP contribution in [0.5, 0.6) is 0 Å². The lowest BCUT2D eigenvalue weighted by Gasteiger charge is -2.22. The summed E-state index contributed by atoms with van der Waals surface area (Å²) in [4.78, 5) is 13.1. The molecule has 0 saturated carbocycles. The smallest absolute Gasteiger partial charge is 0.334 e. The minimum atomic E-state index is -4.28. The summed E-state index contributed by atoms with van der Waals surface area (Å²) >= 11 is 0. The van der Waals surface area contributed by atoms with Crippen LogP contribution in [-0.2, 0) is 22.7 Å². The van der Waals surface area contributed by atoms with E-state index in [9.17, 15) is 30.8 Å². The van der Waals surface area contributed by atoms with Crippen LogP contribution < -0.4 is 10.4 Å². The highest BCUT2D eigenvalue weighted by molar-refractivity contribution is 7.87. The van der Waals surface area contributed by atoms with Gasteiger partial charge in [0.05, 0.1) is 17.5 Å². The second kappa shape index (κ2) is 8.19. The summed E-state index contributed by atoms with van der Waals surface area (Å²) in [6.45, 7) is -0.764. The molecular weight excluding hydrogens is 532 g/mol. The summed E-state index contributed by atoms with van der Waals surface area (Å²) in [7, 11) is -2.03. The van der Waals surface area contributed by atoms with E-state index in [-0.39, 0.29) is 5.58 Å². The highest BCUT2D eigenvalue weighted by atomic mass is 32.2. The van der Waals surface area contributed by atoms with Gasteiger partial charge in [0.2, 0.25) is 0 Å². The van der Waals surface area contributed by atoms with Crippen LogP contribution in [0, 0.1) is 23.3 Å². The zero-order valence-corrected chi connectivity index (χ0v) is 19.6. The molecule has 16 heteroatoms. The molecule has 1 N–H and O–H groups in total. The normalized spacial score (nSPS) is 17.2. The van der Waals surface area contributed by atoms with Crippen molar-refractivity contribution >= 4 is 21.2 Å². The van der Waals surface area contributed by atoms with Crippen molar-refractivity contribution in [3.8, 4) is 16.9 Å². The van der Waals surface area contributed by atoms with Crippen molar-refractivity contribution in [3.05, 3.63) is 69.9 Å². The molecule has 0 aliphatic carbocycles. The van der Waals surface area contributed by atoms with Gasteiger partial charge in [-0.1, -0.05) is 5.16 Å². The molecule has 0 radical (unpaired) electrons. The monoisotopic (exact) mass is 547 g/mol. The number of nitrogens with zero attached hydrogens (tertiary/aromatic N) is 4. The van der Waals surface area contributed by atoms with Crippen LogP contribution in [0.3, 0.4) is 0 Å². The SMILES string of the molecule is CN(C)S(=O)(=O)N[C@@H]1Cn2c(cn(-c3noc4ccc(F)c(-c5c(F)cc(F)cc5F)c34)c2=O)C1(F)F. The number of hydrogen-bond acceptors (Lipinski definition) is 5. The van der Waals surface area contributed by atoms with Crippen molar-refractivity contribution < 1.29 is 39.3 Å². The molecule has 9 nitrogen and oxygen atoms in total. The molecule has 0 spiro atoms. The van der Waals surface area contributed by atoms with Crippen LogP contribution in [0.25, 0.3) is 27.9 Å². The number of benzene rings is 2. The van der Waals surface area contributed by atoms with E-state index < -0.39 is 85.7 Å². The van der Waals surface area contributed by atoms with Crippen LogP contribution in [0.1, 0.15) is 5.69 Å². The van der Waals surface area contributed by atoms with Crippen molar-refractivity contribution in [2.75, 3.05) is 14.1 Å². The van der Waals surface area contributed by atoms with Gasteiger partial charge in [0.25, 0.3) is 10.2 Å². The molecule has 5 rings (SSSR count). The van der Waals surface area contributed by atoms with E-state index in [1.54, 1.807) is 0 Å². The summed E-state index contributed by atoms with van der Waals surface area (Å²) in [5.74, 6) is -9.82. The van der Waals surface area contributed by atoms with Crippen molar-refractivity contribution in [2.45, 2.75) is 18.5 Å². The largest absolute Gasteiger partial charge is 0.354 e. The molecule has 0 saturated heterocycles. The third kappa shape index (κ3) is 3.74. The van der Waals surface area contributed by atoms with Gasteiger partial charge in [-0.3, -0.25) is 4.57 Å². The maximum Gasteiger partial charge on any atom is 0.334 e. The number of imidazole rings is 1. The first-order valence-electron chi connectivity index (χ1n) is 10.4. The van der Waals surface area contributed by atoms with Gasteiger partial charge in [0.15, 0.2) is 11.4 Å². The molecule has 1 atom stereocenters. The topological polar surface area (TPSA) is 102 Å². The van der Waals surface area contributed by atoms with E-state index in [2.05, 4.69) is 5.16 Å². The Labute approximate surface area is 203 Å². The Morgan fingerprint density at radius 1 is 1.08 bits per heavy atom. The number of nitrogens with one attached hydrogen (secondary N) is 1. The molecule has 2 aromatic heterocycles. The minimum absolute atomic E-state index is 0.254. The van der Waals surface area contributed by atoms with Gasteiger partial charge in [0, 0.05) is 38.0 Å². The van der Waals surface area contributed by atoms with Crippen LogP contribution in [-0.4, -0.2) is 47.2 Å². The van der Waals surface area contributed by atoms with E-state index in [1.807, 2.05) is 4.72 Å². The van der Waals surface area contributed by atoms with Crippen molar-refractivity contribution in [3.63, 3.8) is 0 Å². The lowest BCUT2D eigenvalue weighted by atomic mass is 9.99. The third-order valence-corrected chi connectivity index (χ3v) is 7.49. The lowest BCUT2D eigenvalue weighted by Crippen LogP contribution is -2.48. The molecule has 1 aliphatic rings. The first kappa shape index (κ1) is 25.0. The molecule has 0 bridgehead atoms. The number of fused-ring (bicyclic) bond motifs is 2. The molecule has 1 aliphatic heterocycles. The fourth-order valence-corrected chi connectivity index (χ4v) is 4.92. The van der Waals surface area contributed by atoms with Crippen molar-refractivity contribution in [2.24, 2.45) is 0 Å². The quantitative estimate of drug-likeness (QED) is 0.388. The van der Waals surface area contributed by atoms with Gasteiger partial charge in [-0.2, -0.15) is 26.2 Å². The Morgan fingerprint density at radius 2 is 1.73 bits per heavy atom. The van der Waals surface area contributed by atoms with E-state index in [0.29, 0.717) is 31.8 Å². The van der Waals surface area contributed by atoms with Crippen LogP contribution in [0.2, 0.25) is 0 Å². The molecule has 37 heavy (non-hydrogen) atoms. The second-order valence-corrected chi connectivity index (χ2v) is 10.3. The molecule has 3 heterocycles. The summed E-state index contributed by atoms with van der Waals surface area (Å²) in [6, 6.07) is 0.477. The fourth-order valence-electron chi connectivity index (χ4n) is 4.13. The molecule has 196 valence electrons. The van der Waals surface area contributed by atoms with Gasteiger partial charge >= 0.3 is 11.6 Å². The zero-order chi connectivity index (χ0) is 27.0. The van der Waals surface area contributed by atoms with E-state index in [0.717, 1.165) is 26.2 Å². The van der Waals surface area contributed by atoms with Crippen LogP contribution >= 0.6 is 0 Å². The standard InChI is InChI=1S/C21H15F6N5O4S/c1-30(2)37(34,35)29-14-7-31-15(21(14,26)27)8-32(20(31)33)19-18-13(36-28-19)4-3-10(23)17(18)16-11(24)5-9(22)6-12(16)25/h3-6,8,14,29H,7H2,1-2H3/t14-/m1/s1. The Kier molecular flexibility index (Phi) is 5.54. The maximum absolute atomic E-state index is 15.1. The number of aromatic nitrogens is 3. The fraction of sp³-hybridized carbons (Fsp3) is 0.238. The number of halogens is 6. The van der Waals surface area contributed by atoms with Crippen LogP contribution in [0.4, 0.5) is 26.3 Å². The highest BCUT2D eigenvalue weighted by Crippen LogP contribution is 2.40. The van der Waals surface area contributed by atoms with Gasteiger partial charge < -0.3 is 4.52 Å². The molecule has 0 fully saturated rings. The molecule has 2 aromatic carbocycles.